The van der Waals surface area contributed by atoms with Crippen LogP contribution in [0.3, 0.4) is 0 Å². The summed E-state index contributed by atoms with van der Waals surface area (Å²) in [5, 5.41) is 31.6. The van der Waals surface area contributed by atoms with E-state index in [1.54, 1.807) is 13.8 Å². The van der Waals surface area contributed by atoms with Crippen molar-refractivity contribution < 1.29 is 38.5 Å². The topological polar surface area (TPSA) is 161 Å². The van der Waals surface area contributed by atoms with E-state index in [0.717, 1.165) is 0 Å². The Bertz CT molecular complexity index is 519. The van der Waals surface area contributed by atoms with Gasteiger partial charge >= 0.3 is 7.60 Å². The first-order chi connectivity index (χ1) is 11.7. The Hall–Kier alpha value is -1.00. The van der Waals surface area contributed by atoms with Crippen LogP contribution in [-0.2, 0) is 23.1 Å². The van der Waals surface area contributed by atoms with Gasteiger partial charge in [0.05, 0.1) is 31.9 Å². The van der Waals surface area contributed by atoms with Crippen LogP contribution in [0, 0.1) is 0 Å². The summed E-state index contributed by atoms with van der Waals surface area (Å²) in [6.07, 6.45) is -3.13. The Kier molecular flexibility index (Phi) is 8.49. The second kappa shape index (κ2) is 9.63. The molecule has 1 aliphatic heterocycles. The highest BCUT2D eigenvalue weighted by Gasteiger charge is 2.46. The van der Waals surface area contributed by atoms with E-state index in [4.69, 9.17) is 24.6 Å². The summed E-state index contributed by atoms with van der Waals surface area (Å²) >= 11 is 0. The average Bonchev–Trinajstić information content (AvgIpc) is 2.55. The van der Waals surface area contributed by atoms with Gasteiger partial charge in [-0.3, -0.25) is 9.36 Å². The lowest BCUT2D eigenvalue weighted by molar-refractivity contribution is -0.125. The van der Waals surface area contributed by atoms with E-state index in [2.05, 4.69) is 5.32 Å². The van der Waals surface area contributed by atoms with Gasteiger partial charge in [0.15, 0.2) is 0 Å². The van der Waals surface area contributed by atoms with Crippen molar-refractivity contribution >= 4 is 13.5 Å². The number of hydrogen-bond acceptors (Lipinski definition) is 9. The van der Waals surface area contributed by atoms with Crippen molar-refractivity contribution in [2.45, 2.75) is 51.2 Å². The number of carbonyl (C=O) groups excluding carboxylic acids is 1. The van der Waals surface area contributed by atoms with Crippen LogP contribution in [0.2, 0.25) is 0 Å². The van der Waals surface area contributed by atoms with Gasteiger partial charge < -0.3 is 40.2 Å². The maximum atomic E-state index is 12.9. The summed E-state index contributed by atoms with van der Waals surface area (Å²) in [5.41, 5.74) is 5.81. The minimum atomic E-state index is -3.82. The monoisotopic (exact) mass is 382 g/mol. The molecule has 1 rings (SSSR count). The average molecular weight is 382 g/mol. The van der Waals surface area contributed by atoms with Gasteiger partial charge in [-0.05, 0) is 19.9 Å². The van der Waals surface area contributed by atoms with E-state index in [-0.39, 0.29) is 18.7 Å². The highest BCUT2D eigenvalue weighted by molar-refractivity contribution is 7.58. The summed E-state index contributed by atoms with van der Waals surface area (Å²) in [4.78, 5) is 11.4. The fourth-order valence-corrected chi connectivity index (χ4v) is 4.04. The molecule has 0 fully saturated rings. The third kappa shape index (κ3) is 5.49. The molecular formula is C14H27N2O8P. The van der Waals surface area contributed by atoms with E-state index in [1.165, 1.54) is 13.0 Å². The van der Waals surface area contributed by atoms with Crippen LogP contribution in [0.5, 0.6) is 0 Å². The smallest absolute Gasteiger partial charge is 0.395 e. The minimum absolute atomic E-state index is 0.0782. The first-order valence-corrected chi connectivity index (χ1v) is 9.52. The van der Waals surface area contributed by atoms with E-state index < -0.39 is 50.5 Å². The molecule has 0 spiro atoms. The molecule has 1 aliphatic rings. The van der Waals surface area contributed by atoms with Gasteiger partial charge in [0.1, 0.15) is 18.3 Å². The van der Waals surface area contributed by atoms with Gasteiger partial charge in [-0.25, -0.2) is 0 Å². The van der Waals surface area contributed by atoms with Crippen molar-refractivity contribution in [3.63, 3.8) is 0 Å². The fourth-order valence-electron chi connectivity index (χ4n) is 2.42. The number of nitrogens with one attached hydrogen (secondary N) is 1. The number of ether oxygens (including phenoxy) is 1. The molecule has 0 aromatic carbocycles. The zero-order valence-corrected chi connectivity index (χ0v) is 15.4. The van der Waals surface area contributed by atoms with E-state index in [9.17, 15) is 19.6 Å². The van der Waals surface area contributed by atoms with Gasteiger partial charge in [0, 0.05) is 6.92 Å². The Morgan fingerprint density at radius 1 is 1.40 bits per heavy atom. The summed E-state index contributed by atoms with van der Waals surface area (Å²) in [7, 11) is -3.82. The largest absolute Gasteiger partial charge is 0.478 e. The molecule has 0 saturated heterocycles. The SMILES string of the molecule is CCOP(=O)(OCC)C1=C[C@H](N)[C@@H](NC(C)=O)C([C@H](O)[C@H](O)CO)O1. The van der Waals surface area contributed by atoms with Crippen molar-refractivity contribution in [1.29, 1.82) is 0 Å². The second-order valence-electron chi connectivity index (χ2n) is 5.46. The van der Waals surface area contributed by atoms with Crippen LogP contribution in [0.4, 0.5) is 0 Å². The van der Waals surface area contributed by atoms with Gasteiger partial charge in [-0.15, -0.1) is 0 Å². The van der Waals surface area contributed by atoms with Gasteiger partial charge in [-0.1, -0.05) is 0 Å². The van der Waals surface area contributed by atoms with Gasteiger partial charge in [0.2, 0.25) is 11.4 Å². The van der Waals surface area contributed by atoms with Crippen LogP contribution < -0.4 is 11.1 Å². The lowest BCUT2D eigenvalue weighted by atomic mass is 9.94. The molecule has 146 valence electrons. The predicted molar refractivity (Wildman–Crippen MR) is 88.5 cm³/mol. The molecule has 6 N–H and O–H groups in total. The first kappa shape index (κ1) is 22.0. The number of amides is 1. The summed E-state index contributed by atoms with van der Waals surface area (Å²) in [5.74, 6) is -0.436. The third-order valence-electron chi connectivity index (χ3n) is 3.52. The lowest BCUT2D eigenvalue weighted by Crippen LogP contribution is -2.61. The van der Waals surface area contributed by atoms with Crippen molar-refractivity contribution in [2.75, 3.05) is 19.8 Å². The fraction of sp³-hybridized carbons (Fsp3) is 0.786. The molecular weight excluding hydrogens is 355 g/mol. The van der Waals surface area contributed by atoms with Crippen LogP contribution in [0.1, 0.15) is 20.8 Å². The first-order valence-electron chi connectivity index (χ1n) is 7.98. The molecule has 25 heavy (non-hydrogen) atoms. The summed E-state index contributed by atoms with van der Waals surface area (Å²) in [6, 6.07) is -1.82. The predicted octanol–water partition coefficient (Wildman–Crippen LogP) is -0.961. The van der Waals surface area contributed by atoms with E-state index >= 15 is 0 Å². The molecule has 0 radical (unpaired) electrons. The maximum Gasteiger partial charge on any atom is 0.395 e. The molecule has 5 atom stereocenters. The summed E-state index contributed by atoms with van der Waals surface area (Å²) < 4.78 is 28.8. The van der Waals surface area contributed by atoms with E-state index in [1.807, 2.05) is 0 Å². The second-order valence-corrected chi connectivity index (χ2v) is 7.42. The maximum absolute atomic E-state index is 12.9. The molecule has 0 bridgehead atoms. The zero-order chi connectivity index (χ0) is 19.2. The summed E-state index contributed by atoms with van der Waals surface area (Å²) in [6.45, 7) is 3.91. The van der Waals surface area contributed by atoms with Gasteiger partial charge in [0.25, 0.3) is 0 Å². The molecule has 1 amide bonds. The van der Waals surface area contributed by atoms with Crippen LogP contribution in [0.15, 0.2) is 11.6 Å². The van der Waals surface area contributed by atoms with Crippen molar-refractivity contribution in [2.24, 2.45) is 5.73 Å². The van der Waals surface area contributed by atoms with Gasteiger partial charge in [-0.2, -0.15) is 0 Å². The Balaban J connectivity index is 3.23. The molecule has 1 heterocycles. The molecule has 10 nitrogen and oxygen atoms in total. The van der Waals surface area contributed by atoms with Crippen LogP contribution in [0.25, 0.3) is 0 Å². The van der Waals surface area contributed by atoms with Crippen LogP contribution in [-0.4, -0.2) is 71.4 Å². The lowest BCUT2D eigenvalue weighted by Gasteiger charge is -2.40. The van der Waals surface area contributed by atoms with E-state index in [0.29, 0.717) is 0 Å². The normalized spacial score (nSPS) is 26.4. The number of rotatable bonds is 9. The molecule has 0 aliphatic carbocycles. The number of aliphatic hydroxyl groups is 3. The zero-order valence-electron chi connectivity index (χ0n) is 14.5. The minimum Gasteiger partial charge on any atom is -0.478 e. The van der Waals surface area contributed by atoms with Crippen molar-refractivity contribution in [3.8, 4) is 0 Å². The Morgan fingerprint density at radius 2 is 1.96 bits per heavy atom. The Labute approximate surface area is 146 Å². The molecule has 0 aromatic heterocycles. The van der Waals surface area contributed by atoms with Crippen LogP contribution >= 0.6 is 7.60 Å². The molecule has 11 heteroatoms. The standard InChI is InChI=1S/C14H27N2O8P/c1-4-22-25(21,23-5-2)11-6-9(15)12(16-8(3)18)14(24-11)13(20)10(19)7-17/h6,9-10,12-14,17,19-20H,4-5,7,15H2,1-3H3,(H,16,18)/t9-,10+,12+,13+,14?/m0/s1. The Morgan fingerprint density at radius 3 is 2.40 bits per heavy atom. The number of aliphatic hydroxyl groups excluding tert-OH is 3. The number of nitrogens with two attached hydrogens (primary N) is 1. The molecule has 0 saturated carbocycles. The van der Waals surface area contributed by atoms with Crippen molar-refractivity contribution in [3.05, 3.63) is 11.6 Å². The highest BCUT2D eigenvalue weighted by atomic mass is 31.2. The quantitative estimate of drug-likeness (QED) is 0.316. The number of carbonyl (C=O) groups is 1. The number of hydrogen-bond donors (Lipinski definition) is 5. The molecule has 0 aromatic rings. The molecule has 1 unspecified atom stereocenters. The van der Waals surface area contributed by atoms with Crippen molar-refractivity contribution in [1.82, 2.24) is 5.32 Å². The third-order valence-corrected chi connectivity index (χ3v) is 5.51. The highest BCUT2D eigenvalue weighted by Crippen LogP contribution is 2.57.